The van der Waals surface area contributed by atoms with Crippen molar-refractivity contribution in [2.45, 2.75) is 39.0 Å². The lowest BCUT2D eigenvalue weighted by Gasteiger charge is -2.33. The molecular formula is C10H14Cl2O2. The van der Waals surface area contributed by atoms with Gasteiger partial charge in [-0.3, -0.25) is 9.59 Å². The van der Waals surface area contributed by atoms with Crippen LogP contribution >= 0.6 is 23.2 Å². The highest BCUT2D eigenvalue weighted by atomic mass is 35.5. The Bertz CT molecular complexity index is 231. The van der Waals surface area contributed by atoms with E-state index < -0.39 is 15.9 Å². The van der Waals surface area contributed by atoms with E-state index >= 15 is 0 Å². The molecule has 1 aliphatic carbocycles. The predicted octanol–water partition coefficient (Wildman–Crippen LogP) is 3.10. The molecule has 4 heteroatoms. The minimum absolute atomic E-state index is 0.0197. The van der Waals surface area contributed by atoms with Crippen LogP contribution in [-0.4, -0.2) is 10.5 Å². The van der Waals surface area contributed by atoms with Crippen molar-refractivity contribution >= 4 is 33.7 Å². The van der Waals surface area contributed by atoms with Crippen LogP contribution in [0.5, 0.6) is 0 Å². The minimum atomic E-state index is -1.18. The maximum atomic E-state index is 11.3. The summed E-state index contributed by atoms with van der Waals surface area (Å²) in [5.41, 5.74) is -1.18. The van der Waals surface area contributed by atoms with Gasteiger partial charge in [0.15, 0.2) is 0 Å². The molecule has 0 unspecified atom stereocenters. The summed E-state index contributed by atoms with van der Waals surface area (Å²) >= 11 is 10.9. The zero-order valence-electron chi connectivity index (χ0n) is 8.19. The van der Waals surface area contributed by atoms with Gasteiger partial charge >= 0.3 is 0 Å². The second kappa shape index (κ2) is 4.63. The second-order valence-electron chi connectivity index (χ2n) is 4.08. The molecule has 1 aliphatic rings. The number of halogens is 2. The summed E-state index contributed by atoms with van der Waals surface area (Å²) in [6.07, 6.45) is 5.00. The van der Waals surface area contributed by atoms with E-state index in [1.54, 1.807) is 6.92 Å². The van der Waals surface area contributed by atoms with E-state index in [4.69, 9.17) is 23.2 Å². The van der Waals surface area contributed by atoms with Gasteiger partial charge in [0.1, 0.15) is 5.41 Å². The standard InChI is InChI=1S/C10H14Cl2O2/c1-10(8(11)13,9(12)14)7-5-3-2-4-6-7/h7H,2-6H2,1H3. The minimum Gasteiger partial charge on any atom is -0.280 e. The van der Waals surface area contributed by atoms with Gasteiger partial charge in [0.25, 0.3) is 0 Å². The van der Waals surface area contributed by atoms with Gasteiger partial charge in [-0.25, -0.2) is 0 Å². The van der Waals surface area contributed by atoms with Crippen LogP contribution in [-0.2, 0) is 9.59 Å². The molecule has 0 aromatic rings. The fourth-order valence-corrected chi connectivity index (χ4v) is 2.61. The second-order valence-corrected chi connectivity index (χ2v) is 4.77. The van der Waals surface area contributed by atoms with Crippen LogP contribution in [0.15, 0.2) is 0 Å². The van der Waals surface area contributed by atoms with E-state index in [0.717, 1.165) is 25.7 Å². The molecule has 1 rings (SSSR count). The Kier molecular flexibility index (Phi) is 3.96. The van der Waals surface area contributed by atoms with E-state index in [2.05, 4.69) is 0 Å². The topological polar surface area (TPSA) is 34.1 Å². The number of rotatable bonds is 3. The van der Waals surface area contributed by atoms with E-state index in [9.17, 15) is 9.59 Å². The summed E-state index contributed by atoms with van der Waals surface area (Å²) < 4.78 is 0. The lowest BCUT2D eigenvalue weighted by atomic mass is 9.71. The Morgan fingerprint density at radius 3 is 1.86 bits per heavy atom. The fraction of sp³-hybridized carbons (Fsp3) is 0.800. The molecule has 1 fully saturated rings. The van der Waals surface area contributed by atoms with Crippen molar-refractivity contribution in [1.29, 1.82) is 0 Å². The van der Waals surface area contributed by atoms with Gasteiger partial charge in [0.05, 0.1) is 0 Å². The summed E-state index contributed by atoms with van der Waals surface area (Å²) in [4.78, 5) is 22.5. The molecular weight excluding hydrogens is 223 g/mol. The number of carbonyl (C=O) groups is 2. The maximum Gasteiger partial charge on any atom is 0.236 e. The van der Waals surface area contributed by atoms with Gasteiger partial charge in [-0.15, -0.1) is 0 Å². The fourth-order valence-electron chi connectivity index (χ4n) is 2.08. The molecule has 0 bridgehead atoms. The third-order valence-corrected chi connectivity index (χ3v) is 4.02. The number of hydrogen-bond donors (Lipinski definition) is 0. The first-order valence-corrected chi connectivity index (χ1v) is 5.65. The third-order valence-electron chi connectivity index (χ3n) is 3.24. The Balaban J connectivity index is 2.86. The highest BCUT2D eigenvalue weighted by Gasteiger charge is 2.46. The van der Waals surface area contributed by atoms with Crippen molar-refractivity contribution in [2.24, 2.45) is 11.3 Å². The van der Waals surface area contributed by atoms with Gasteiger partial charge in [-0.05, 0) is 48.9 Å². The van der Waals surface area contributed by atoms with Crippen molar-refractivity contribution in [1.82, 2.24) is 0 Å². The van der Waals surface area contributed by atoms with Crippen LogP contribution in [0.25, 0.3) is 0 Å². The molecule has 80 valence electrons. The lowest BCUT2D eigenvalue weighted by Crippen LogP contribution is -2.39. The molecule has 0 spiro atoms. The third kappa shape index (κ3) is 2.12. The number of hydrogen-bond acceptors (Lipinski definition) is 2. The summed E-state index contributed by atoms with van der Waals surface area (Å²) in [7, 11) is 0. The SMILES string of the molecule is CC(C(=O)Cl)(C(=O)Cl)C1CCCCC1. The van der Waals surface area contributed by atoms with Gasteiger partial charge < -0.3 is 0 Å². The smallest absolute Gasteiger partial charge is 0.236 e. The molecule has 0 atom stereocenters. The molecule has 0 heterocycles. The Morgan fingerprint density at radius 1 is 1.07 bits per heavy atom. The van der Waals surface area contributed by atoms with Crippen LogP contribution in [0, 0.1) is 11.3 Å². The first-order chi connectivity index (χ1) is 6.49. The van der Waals surface area contributed by atoms with E-state index in [1.807, 2.05) is 0 Å². The predicted molar refractivity (Wildman–Crippen MR) is 56.4 cm³/mol. The van der Waals surface area contributed by atoms with Crippen molar-refractivity contribution in [2.75, 3.05) is 0 Å². The summed E-state index contributed by atoms with van der Waals surface area (Å²) in [5.74, 6) is 0.0197. The Morgan fingerprint density at radius 2 is 1.50 bits per heavy atom. The molecule has 0 aliphatic heterocycles. The normalized spacial score (nSPS) is 19.4. The molecule has 14 heavy (non-hydrogen) atoms. The summed E-state index contributed by atoms with van der Waals surface area (Å²) in [5, 5.41) is -1.24. The molecule has 0 radical (unpaired) electrons. The lowest BCUT2D eigenvalue weighted by molar-refractivity contribution is -0.134. The van der Waals surface area contributed by atoms with Gasteiger partial charge in [-0.2, -0.15) is 0 Å². The van der Waals surface area contributed by atoms with Gasteiger partial charge in [0, 0.05) is 0 Å². The van der Waals surface area contributed by atoms with Gasteiger partial charge in [-0.1, -0.05) is 19.3 Å². The molecule has 0 saturated heterocycles. The van der Waals surface area contributed by atoms with E-state index in [-0.39, 0.29) is 5.92 Å². The monoisotopic (exact) mass is 236 g/mol. The zero-order chi connectivity index (χ0) is 10.8. The van der Waals surface area contributed by atoms with Crippen molar-refractivity contribution in [3.63, 3.8) is 0 Å². The largest absolute Gasteiger partial charge is 0.280 e. The highest BCUT2D eigenvalue weighted by molar-refractivity contribution is 6.74. The number of carbonyl (C=O) groups excluding carboxylic acids is 2. The van der Waals surface area contributed by atoms with E-state index in [1.165, 1.54) is 6.42 Å². The van der Waals surface area contributed by atoms with Crippen molar-refractivity contribution in [3.8, 4) is 0 Å². The van der Waals surface area contributed by atoms with Gasteiger partial charge in [0.2, 0.25) is 10.5 Å². The highest BCUT2D eigenvalue weighted by Crippen LogP contribution is 2.41. The average molecular weight is 237 g/mol. The molecule has 2 nitrogen and oxygen atoms in total. The van der Waals surface area contributed by atoms with Crippen LogP contribution in [0.2, 0.25) is 0 Å². The summed E-state index contributed by atoms with van der Waals surface area (Å²) in [6.45, 7) is 1.56. The molecule has 0 aromatic carbocycles. The summed E-state index contributed by atoms with van der Waals surface area (Å²) in [6, 6.07) is 0. The maximum absolute atomic E-state index is 11.3. The van der Waals surface area contributed by atoms with Crippen molar-refractivity contribution in [3.05, 3.63) is 0 Å². The molecule has 0 amide bonds. The average Bonchev–Trinajstić information content (AvgIpc) is 2.17. The van der Waals surface area contributed by atoms with Crippen LogP contribution in [0.4, 0.5) is 0 Å². The molecule has 0 N–H and O–H groups in total. The van der Waals surface area contributed by atoms with Crippen LogP contribution in [0.3, 0.4) is 0 Å². The Labute approximate surface area is 93.9 Å². The molecule has 1 saturated carbocycles. The first kappa shape index (κ1) is 12.0. The van der Waals surface area contributed by atoms with Crippen molar-refractivity contribution < 1.29 is 9.59 Å². The quantitative estimate of drug-likeness (QED) is 0.558. The Hall–Kier alpha value is -0.0800. The van der Waals surface area contributed by atoms with Crippen LogP contribution < -0.4 is 0 Å². The molecule has 0 aromatic heterocycles. The zero-order valence-corrected chi connectivity index (χ0v) is 9.70. The van der Waals surface area contributed by atoms with Crippen LogP contribution in [0.1, 0.15) is 39.0 Å². The first-order valence-electron chi connectivity index (χ1n) is 4.89. The van der Waals surface area contributed by atoms with E-state index in [0.29, 0.717) is 0 Å².